The van der Waals surface area contributed by atoms with Crippen molar-refractivity contribution in [2.75, 3.05) is 75.6 Å². The largest absolute Gasteiger partial charge is 0.497 e. The number of nitrogens with one attached hydrogen (secondary N) is 4. The molecule has 5 rings (SSSR count). The van der Waals surface area contributed by atoms with Gasteiger partial charge in [0.05, 0.1) is 20.1 Å². The summed E-state index contributed by atoms with van der Waals surface area (Å²) >= 11 is 5.72. The van der Waals surface area contributed by atoms with Gasteiger partial charge in [-0.2, -0.15) is 0 Å². The van der Waals surface area contributed by atoms with Crippen LogP contribution in [0.2, 0.25) is 0 Å². The monoisotopic (exact) mass is 1510 g/mol. The van der Waals surface area contributed by atoms with E-state index < -0.39 is 150 Å². The molecule has 3 saturated heterocycles. The van der Waals surface area contributed by atoms with Gasteiger partial charge in [-0.15, -0.1) is 0 Å². The molecule has 3 aliphatic rings. The molecule has 12 amide bonds. The molecule has 3 aliphatic heterocycles. The van der Waals surface area contributed by atoms with Crippen molar-refractivity contribution in [3.63, 3.8) is 0 Å². The molecule has 96 heavy (non-hydrogen) atoms. The standard InChI is InChI=1S/C69H104BrIN12O13/c1-17-20-24-49-63(90)81(15)69(8,9)68(95)74-51(35-41(4)5)62(89)79(13)55(66(93)82-32-22-21-23-33-82)39-57(85)78(12)52(19-3)60(87)75-58(42(6)18-2)67(94)77(11)43(7)61(88)83-34-31-53(83)65(92)80(14)54(36-44-25-28-47(96-16)29-26-44)64(91)76(10)40-56(84)72-50(59(86)73-49)38-45-37-46(71)27-30-48(45)70/h25-30,37,41-43,49-55,58H,17-24,31-36,38-40H2,1-16H3,(H,72,84)(H,73,86)(H,74,95)(H,75,87)/t42-,43-,49-,50-,51-,52-,53?,54-,55-,58-/m0/s1. The van der Waals surface area contributed by atoms with Gasteiger partial charge in [-0.1, -0.05) is 88.9 Å². The van der Waals surface area contributed by atoms with Crippen LogP contribution in [0.1, 0.15) is 144 Å². The van der Waals surface area contributed by atoms with Gasteiger partial charge in [-0.05, 0) is 142 Å². The average Bonchev–Trinajstić information content (AvgIpc) is 0.837. The predicted octanol–water partition coefficient (Wildman–Crippen LogP) is 4.52. The Labute approximate surface area is 589 Å². The number of halogens is 2. The number of carbonyl (C=O) groups excluding carboxylic acids is 12. The molecule has 3 heterocycles. The number of benzene rings is 2. The number of nitrogens with zero attached hydrogens (tertiary/aromatic N) is 8. The molecule has 3 fully saturated rings. The van der Waals surface area contributed by atoms with Gasteiger partial charge in [0.15, 0.2) is 0 Å². The van der Waals surface area contributed by atoms with Crippen molar-refractivity contribution in [1.82, 2.24) is 60.5 Å². The smallest absolute Gasteiger partial charge is 0.246 e. The lowest BCUT2D eigenvalue weighted by atomic mass is 9.95. The number of ether oxygens (including phenoxy) is 1. The molecule has 2 aromatic carbocycles. The Morgan fingerprint density at radius 2 is 1.33 bits per heavy atom. The SMILES string of the molecule is CCCC[C@@H]1NC(=O)[C@H](Cc2cc(I)ccc2Br)NC(=O)CN(C)C(=O)[C@H](Cc2ccc(OC)cc2)N(C)C(=O)C2CCN2C(=O)[C@H](C)N(C)C(=O)[C@H]([C@@H](C)CC)NC(=O)[C@H](CC)N(C)C(=O)C[C@@H](C(=O)N2CCCCC2)N(C)C(=O)[C@H](CC(C)C)NC(=O)C(C)(C)N(C)C1=O. The van der Waals surface area contributed by atoms with Crippen LogP contribution in [0.5, 0.6) is 5.75 Å². The number of rotatable bonds is 14. The van der Waals surface area contributed by atoms with Gasteiger partial charge in [0.25, 0.3) is 0 Å². The maximum absolute atomic E-state index is 15.1. The van der Waals surface area contributed by atoms with E-state index in [9.17, 15) is 52.7 Å². The van der Waals surface area contributed by atoms with E-state index in [1.54, 1.807) is 49.1 Å². The quantitative estimate of drug-likeness (QED) is 0.190. The molecule has 0 saturated carbocycles. The number of hydrogen-bond donors (Lipinski definition) is 4. The van der Waals surface area contributed by atoms with E-state index in [0.29, 0.717) is 66.5 Å². The summed E-state index contributed by atoms with van der Waals surface area (Å²) in [7, 11) is 10.0. The fourth-order valence-electron chi connectivity index (χ4n) is 12.2. The summed E-state index contributed by atoms with van der Waals surface area (Å²) in [6.45, 7) is 15.7. The first-order valence-corrected chi connectivity index (χ1v) is 35.5. The summed E-state index contributed by atoms with van der Waals surface area (Å²) < 4.78 is 6.84. The molecular weight excluding hydrogens is 1410 g/mol. The normalized spacial score (nSPS) is 25.6. The zero-order chi connectivity index (χ0) is 71.8. The summed E-state index contributed by atoms with van der Waals surface area (Å²) in [6, 6.07) is 1.30. The highest BCUT2D eigenvalue weighted by atomic mass is 127. The van der Waals surface area contributed by atoms with E-state index in [0.717, 1.165) is 14.9 Å². The van der Waals surface area contributed by atoms with Crippen molar-refractivity contribution in [1.29, 1.82) is 0 Å². The Kier molecular flexibility index (Phi) is 30.0. The number of likely N-dealkylation sites (N-methyl/N-ethyl adjacent to an activating group) is 6. The van der Waals surface area contributed by atoms with Crippen molar-refractivity contribution in [3.8, 4) is 5.75 Å². The molecule has 1 unspecified atom stereocenters. The van der Waals surface area contributed by atoms with Gasteiger partial charge in [0.1, 0.15) is 65.7 Å². The summed E-state index contributed by atoms with van der Waals surface area (Å²) in [5.41, 5.74) is -0.430. The van der Waals surface area contributed by atoms with E-state index in [1.807, 2.05) is 39.8 Å². The number of hydrogen-bond acceptors (Lipinski definition) is 13. The average molecular weight is 1520 g/mol. The van der Waals surface area contributed by atoms with E-state index in [1.165, 1.54) is 99.6 Å². The van der Waals surface area contributed by atoms with Crippen molar-refractivity contribution >= 4 is 109 Å². The van der Waals surface area contributed by atoms with Crippen LogP contribution in [0.3, 0.4) is 0 Å². The van der Waals surface area contributed by atoms with E-state index in [-0.39, 0.29) is 51.0 Å². The van der Waals surface area contributed by atoms with E-state index >= 15 is 4.79 Å². The highest BCUT2D eigenvalue weighted by Crippen LogP contribution is 2.28. The Bertz CT molecular complexity index is 3130. The third-order valence-electron chi connectivity index (χ3n) is 19.4. The van der Waals surface area contributed by atoms with Gasteiger partial charge in [0, 0.05) is 82.8 Å². The van der Waals surface area contributed by atoms with Gasteiger partial charge >= 0.3 is 0 Å². The van der Waals surface area contributed by atoms with Crippen molar-refractivity contribution in [3.05, 3.63) is 61.6 Å². The van der Waals surface area contributed by atoms with Crippen LogP contribution in [0.4, 0.5) is 0 Å². The summed E-state index contributed by atoms with van der Waals surface area (Å²) in [4.78, 5) is 188. The maximum Gasteiger partial charge on any atom is 0.246 e. The third-order valence-corrected chi connectivity index (χ3v) is 20.8. The highest BCUT2D eigenvalue weighted by molar-refractivity contribution is 14.1. The number of carbonyl (C=O) groups is 12. The minimum absolute atomic E-state index is 0.0321. The van der Waals surface area contributed by atoms with Crippen LogP contribution in [0.15, 0.2) is 46.9 Å². The summed E-state index contributed by atoms with van der Waals surface area (Å²) in [6.07, 6.45) is 3.61. The molecule has 532 valence electrons. The fourth-order valence-corrected chi connectivity index (χ4v) is 13.2. The van der Waals surface area contributed by atoms with Crippen molar-refractivity contribution < 1.29 is 62.3 Å². The lowest BCUT2D eigenvalue weighted by molar-refractivity contribution is -0.160. The van der Waals surface area contributed by atoms with Crippen LogP contribution in [-0.2, 0) is 70.4 Å². The fraction of sp³-hybridized carbons (Fsp3) is 0.652. The lowest BCUT2D eigenvalue weighted by Gasteiger charge is -2.45. The Hall–Kier alpha value is -6.91. The number of fused-ring (bicyclic) bond motifs is 1. The highest BCUT2D eigenvalue weighted by Gasteiger charge is 2.47. The molecule has 0 bridgehead atoms. The molecule has 4 N–H and O–H groups in total. The van der Waals surface area contributed by atoms with Crippen LogP contribution in [-0.4, -0.2) is 246 Å². The predicted molar refractivity (Wildman–Crippen MR) is 375 cm³/mol. The number of piperidine rings is 1. The van der Waals surface area contributed by atoms with Gasteiger partial charge < -0.3 is 65.2 Å². The molecule has 27 heteroatoms. The molecule has 0 aliphatic carbocycles. The van der Waals surface area contributed by atoms with E-state index in [4.69, 9.17) is 4.74 Å². The zero-order valence-corrected chi connectivity index (χ0v) is 62.8. The number of unbranched alkanes of at least 4 members (excludes halogenated alkanes) is 1. The lowest BCUT2D eigenvalue weighted by Crippen LogP contribution is -2.65. The number of amides is 12. The van der Waals surface area contributed by atoms with E-state index in [2.05, 4.69) is 59.8 Å². The van der Waals surface area contributed by atoms with Gasteiger partial charge in [0.2, 0.25) is 70.9 Å². The number of methoxy groups -OCH3 is 1. The van der Waals surface area contributed by atoms with Crippen molar-refractivity contribution in [2.45, 2.75) is 206 Å². The molecule has 0 aromatic heterocycles. The maximum atomic E-state index is 15.1. The second-order valence-corrected chi connectivity index (χ2v) is 29.0. The molecule has 2 aromatic rings. The minimum Gasteiger partial charge on any atom is -0.497 e. The third kappa shape index (κ3) is 20.1. The first kappa shape index (κ1) is 79.8. The van der Waals surface area contributed by atoms with Crippen LogP contribution in [0, 0.1) is 15.4 Å². The second-order valence-electron chi connectivity index (χ2n) is 26.9. The Morgan fingerprint density at radius 3 is 1.91 bits per heavy atom. The van der Waals surface area contributed by atoms with Crippen LogP contribution >= 0.6 is 38.5 Å². The molecule has 0 spiro atoms. The van der Waals surface area contributed by atoms with Gasteiger partial charge in [-0.3, -0.25) is 57.5 Å². The van der Waals surface area contributed by atoms with Crippen LogP contribution in [0.25, 0.3) is 0 Å². The Morgan fingerprint density at radius 1 is 0.688 bits per heavy atom. The van der Waals surface area contributed by atoms with Gasteiger partial charge in [-0.25, -0.2) is 0 Å². The zero-order valence-electron chi connectivity index (χ0n) is 59.1. The second kappa shape index (κ2) is 36.1. The first-order valence-electron chi connectivity index (χ1n) is 33.6. The molecule has 25 nitrogen and oxygen atoms in total. The molecule has 0 radical (unpaired) electrons. The Balaban J connectivity index is 1.63. The van der Waals surface area contributed by atoms with Crippen molar-refractivity contribution in [2.24, 2.45) is 11.8 Å². The topological polar surface area (TPSA) is 288 Å². The first-order chi connectivity index (χ1) is 45.1. The number of likely N-dealkylation sites (tertiary alicyclic amines) is 1. The molecular formula is C69H104BrIN12O13. The summed E-state index contributed by atoms with van der Waals surface area (Å²) in [5.74, 6) is -7.96. The summed E-state index contributed by atoms with van der Waals surface area (Å²) in [5, 5.41) is 11.5. The molecule has 10 atom stereocenters. The van der Waals surface area contributed by atoms with Crippen LogP contribution < -0.4 is 26.0 Å². The minimum atomic E-state index is -1.70.